The third-order valence-electron chi connectivity index (χ3n) is 5.48. The number of hydrogen-bond donors (Lipinski definition) is 2. The second-order valence-corrected chi connectivity index (χ2v) is 7.62. The van der Waals surface area contributed by atoms with Crippen molar-refractivity contribution in [2.75, 3.05) is 6.61 Å². The molecule has 1 aliphatic heterocycles. The second kappa shape index (κ2) is 10.2. The molecule has 1 aliphatic rings. The lowest BCUT2D eigenvalue weighted by Gasteiger charge is -2.28. The van der Waals surface area contributed by atoms with Crippen LogP contribution in [0, 0.1) is 0 Å². The standard InChI is InChI=1S/C24H28N2O5/c1-3-31-24(30)20(14-13-17-9-5-4-6-10-17)25-16(2)22(27)26-15-18-11-7-8-12-19(18)21(26)23(28)29/h4-12,16,20-21,25H,3,13-15H2,1-2H3,(H,28,29)/t16-,20-,21+/m0/s1. The van der Waals surface area contributed by atoms with Crippen molar-refractivity contribution in [3.05, 3.63) is 71.3 Å². The van der Waals surface area contributed by atoms with Crippen molar-refractivity contribution < 1.29 is 24.2 Å². The molecule has 3 atom stereocenters. The number of carboxylic acids is 1. The Morgan fingerprint density at radius 2 is 1.81 bits per heavy atom. The van der Waals surface area contributed by atoms with Crippen LogP contribution in [0.5, 0.6) is 0 Å². The lowest BCUT2D eigenvalue weighted by molar-refractivity contribution is -0.152. The number of rotatable bonds is 9. The Balaban J connectivity index is 1.71. The third-order valence-corrected chi connectivity index (χ3v) is 5.48. The summed E-state index contributed by atoms with van der Waals surface area (Å²) in [5, 5.41) is 12.8. The van der Waals surface area contributed by atoms with E-state index >= 15 is 0 Å². The fourth-order valence-electron chi connectivity index (χ4n) is 3.95. The fourth-order valence-corrected chi connectivity index (χ4v) is 3.95. The van der Waals surface area contributed by atoms with E-state index in [1.54, 1.807) is 26.0 Å². The van der Waals surface area contributed by atoms with Crippen LogP contribution in [0.15, 0.2) is 54.6 Å². The number of hydrogen-bond acceptors (Lipinski definition) is 5. The predicted molar refractivity (Wildman–Crippen MR) is 115 cm³/mol. The summed E-state index contributed by atoms with van der Waals surface area (Å²) in [6, 6.07) is 14.5. The van der Waals surface area contributed by atoms with Gasteiger partial charge in [0, 0.05) is 6.54 Å². The first-order chi connectivity index (χ1) is 14.9. The molecule has 0 saturated heterocycles. The van der Waals surface area contributed by atoms with E-state index < -0.39 is 30.1 Å². The minimum atomic E-state index is -1.07. The van der Waals surface area contributed by atoms with Crippen molar-refractivity contribution >= 4 is 17.8 Å². The van der Waals surface area contributed by atoms with E-state index in [0.29, 0.717) is 18.4 Å². The van der Waals surface area contributed by atoms with Crippen molar-refractivity contribution in [1.29, 1.82) is 0 Å². The zero-order chi connectivity index (χ0) is 22.4. The molecule has 0 saturated carbocycles. The molecule has 2 aromatic carbocycles. The number of aliphatic carboxylic acids is 1. The van der Waals surface area contributed by atoms with Crippen molar-refractivity contribution in [3.8, 4) is 0 Å². The van der Waals surface area contributed by atoms with Gasteiger partial charge in [-0.1, -0.05) is 54.6 Å². The molecule has 164 valence electrons. The van der Waals surface area contributed by atoms with Gasteiger partial charge in [0.05, 0.1) is 12.6 Å². The van der Waals surface area contributed by atoms with Gasteiger partial charge in [0.1, 0.15) is 6.04 Å². The highest BCUT2D eigenvalue weighted by molar-refractivity contribution is 5.89. The summed E-state index contributed by atoms with van der Waals surface area (Å²) in [4.78, 5) is 38.9. The summed E-state index contributed by atoms with van der Waals surface area (Å²) < 4.78 is 5.19. The maximum atomic E-state index is 13.2. The number of aryl methyl sites for hydroxylation is 1. The van der Waals surface area contributed by atoms with Crippen LogP contribution in [0.3, 0.4) is 0 Å². The highest BCUT2D eigenvalue weighted by Crippen LogP contribution is 2.34. The van der Waals surface area contributed by atoms with E-state index in [1.807, 2.05) is 42.5 Å². The topological polar surface area (TPSA) is 95.9 Å². The molecule has 0 aliphatic carbocycles. The molecule has 3 rings (SSSR count). The van der Waals surface area contributed by atoms with E-state index in [-0.39, 0.29) is 19.1 Å². The second-order valence-electron chi connectivity index (χ2n) is 7.62. The number of nitrogens with zero attached hydrogens (tertiary/aromatic N) is 1. The van der Waals surface area contributed by atoms with Crippen molar-refractivity contribution in [3.63, 3.8) is 0 Å². The normalized spacial score (nSPS) is 17.0. The smallest absolute Gasteiger partial charge is 0.331 e. The largest absolute Gasteiger partial charge is 0.479 e. The summed E-state index contributed by atoms with van der Waals surface area (Å²) in [5.74, 6) is -1.85. The first kappa shape index (κ1) is 22.5. The van der Waals surface area contributed by atoms with Crippen LogP contribution in [-0.4, -0.2) is 46.5 Å². The number of amides is 1. The van der Waals surface area contributed by atoms with Crippen LogP contribution >= 0.6 is 0 Å². The van der Waals surface area contributed by atoms with Gasteiger partial charge in [0.2, 0.25) is 5.91 Å². The van der Waals surface area contributed by atoms with Crippen LogP contribution in [0.25, 0.3) is 0 Å². The average molecular weight is 424 g/mol. The Labute approximate surface area is 182 Å². The van der Waals surface area contributed by atoms with Gasteiger partial charge in [0.25, 0.3) is 0 Å². The van der Waals surface area contributed by atoms with E-state index in [1.165, 1.54) is 4.90 Å². The molecule has 0 unspecified atom stereocenters. The molecule has 0 spiro atoms. The SMILES string of the molecule is CCOC(=O)[C@H](CCc1ccccc1)N[C@@H](C)C(=O)N1Cc2ccccc2[C@@H]1C(=O)O. The average Bonchev–Trinajstić information content (AvgIpc) is 3.16. The first-order valence-corrected chi connectivity index (χ1v) is 10.5. The molecular weight excluding hydrogens is 396 g/mol. The molecule has 31 heavy (non-hydrogen) atoms. The number of carbonyl (C=O) groups is 3. The Bertz CT molecular complexity index is 931. The van der Waals surface area contributed by atoms with Crippen molar-refractivity contribution in [1.82, 2.24) is 10.2 Å². The Morgan fingerprint density at radius 3 is 2.48 bits per heavy atom. The summed E-state index contributed by atoms with van der Waals surface area (Å²) >= 11 is 0. The predicted octanol–water partition coefficient (Wildman–Crippen LogP) is 2.70. The molecule has 2 aromatic rings. The van der Waals surface area contributed by atoms with E-state index in [2.05, 4.69) is 5.32 Å². The quantitative estimate of drug-likeness (QED) is 0.601. The molecule has 1 amide bonds. The minimum absolute atomic E-state index is 0.228. The molecular formula is C24H28N2O5. The highest BCUT2D eigenvalue weighted by atomic mass is 16.5. The van der Waals surface area contributed by atoms with Gasteiger partial charge < -0.3 is 14.7 Å². The molecule has 1 heterocycles. The van der Waals surface area contributed by atoms with Crippen LogP contribution in [-0.2, 0) is 32.1 Å². The van der Waals surface area contributed by atoms with E-state index in [4.69, 9.17) is 4.74 Å². The lowest BCUT2D eigenvalue weighted by Crippen LogP contribution is -2.51. The minimum Gasteiger partial charge on any atom is -0.479 e. The maximum absolute atomic E-state index is 13.2. The van der Waals surface area contributed by atoms with Crippen LogP contribution < -0.4 is 5.32 Å². The molecule has 0 fully saturated rings. The van der Waals surface area contributed by atoms with Crippen LogP contribution in [0.4, 0.5) is 0 Å². The Hall–Kier alpha value is -3.19. The van der Waals surface area contributed by atoms with Crippen LogP contribution in [0.2, 0.25) is 0 Å². The highest BCUT2D eigenvalue weighted by Gasteiger charge is 2.40. The Kier molecular flexibility index (Phi) is 7.41. The van der Waals surface area contributed by atoms with Gasteiger partial charge in [-0.2, -0.15) is 0 Å². The van der Waals surface area contributed by atoms with Gasteiger partial charge in [0.15, 0.2) is 6.04 Å². The number of carboxylic acid groups (broad SMARTS) is 1. The number of benzene rings is 2. The molecule has 7 nitrogen and oxygen atoms in total. The van der Waals surface area contributed by atoms with Gasteiger partial charge in [-0.25, -0.2) is 4.79 Å². The molecule has 0 bridgehead atoms. The van der Waals surface area contributed by atoms with Crippen LogP contribution in [0.1, 0.15) is 43.0 Å². The van der Waals surface area contributed by atoms with Crippen molar-refractivity contribution in [2.45, 2.75) is 51.4 Å². The van der Waals surface area contributed by atoms with E-state index in [0.717, 1.165) is 11.1 Å². The van der Waals surface area contributed by atoms with Crippen molar-refractivity contribution in [2.24, 2.45) is 0 Å². The monoisotopic (exact) mass is 424 g/mol. The van der Waals surface area contributed by atoms with Gasteiger partial charge in [-0.05, 0) is 43.4 Å². The third kappa shape index (κ3) is 5.30. The zero-order valence-electron chi connectivity index (χ0n) is 17.8. The van der Waals surface area contributed by atoms with Gasteiger partial charge >= 0.3 is 11.9 Å². The summed E-state index contributed by atoms with van der Waals surface area (Å²) in [6.07, 6.45) is 1.11. The maximum Gasteiger partial charge on any atom is 0.331 e. The number of fused-ring (bicyclic) bond motifs is 1. The van der Waals surface area contributed by atoms with Gasteiger partial charge in [-0.3, -0.25) is 14.9 Å². The molecule has 7 heteroatoms. The zero-order valence-corrected chi connectivity index (χ0v) is 17.8. The number of nitrogens with one attached hydrogen (secondary N) is 1. The Morgan fingerprint density at radius 1 is 1.13 bits per heavy atom. The summed E-state index contributed by atoms with van der Waals surface area (Å²) in [5.41, 5.74) is 2.53. The first-order valence-electron chi connectivity index (χ1n) is 10.5. The summed E-state index contributed by atoms with van der Waals surface area (Å²) in [6.45, 7) is 3.86. The molecule has 2 N–H and O–H groups in total. The van der Waals surface area contributed by atoms with Gasteiger partial charge in [-0.15, -0.1) is 0 Å². The summed E-state index contributed by atoms with van der Waals surface area (Å²) in [7, 11) is 0. The fraction of sp³-hybridized carbons (Fsp3) is 0.375. The number of ether oxygens (including phenoxy) is 1. The molecule has 0 radical (unpaired) electrons. The number of esters is 1. The van der Waals surface area contributed by atoms with E-state index in [9.17, 15) is 19.5 Å². The molecule has 0 aromatic heterocycles. The number of carbonyl (C=O) groups excluding carboxylic acids is 2. The lowest BCUT2D eigenvalue weighted by atomic mass is 10.0.